The Morgan fingerprint density at radius 1 is 0.0909 bits per heavy atom. The van der Waals surface area contributed by atoms with Crippen LogP contribution in [0.15, 0.2) is 0 Å². The maximum Gasteiger partial charge on any atom is 4.00 e. The van der Waals surface area contributed by atoms with Gasteiger partial charge in [0.05, 0.1) is 0 Å². The topological polar surface area (TPSA) is 571 Å². The summed E-state index contributed by atoms with van der Waals surface area (Å²) in [6.07, 6.45) is 0. The van der Waals surface area contributed by atoms with Gasteiger partial charge >= 0.3 is 125 Å². The minimum atomic E-state index is 0. The molecule has 0 heterocycles. The minimum Gasteiger partial charge on any atom is -0.512 e. The van der Waals surface area contributed by atoms with Gasteiger partial charge in [0.2, 0.25) is 0 Å². The second kappa shape index (κ2) is 1300. The molecule has 31 heteroatoms. The van der Waals surface area contributed by atoms with Gasteiger partial charge in [0.1, 0.15) is 0 Å². The molecule has 0 aliphatic carbocycles. The van der Waals surface area contributed by atoms with E-state index in [4.69, 9.17) is 284 Å². The zero-order valence-electron chi connectivity index (χ0n) is 25.7. The Morgan fingerprint density at radius 2 is 0.0909 bits per heavy atom. The number of nitrogens with zero attached hydrogens (tertiary/aromatic N) is 24. The average Bonchev–Trinajstić information content (AvgIpc) is 3.34. The summed E-state index contributed by atoms with van der Waals surface area (Å²) in [5.41, 5.74) is 0. The third-order valence-electron chi connectivity index (χ3n) is 0. The summed E-state index contributed by atoms with van der Waals surface area (Å²) in [5, 5.41) is 150. The van der Waals surface area contributed by atoms with Crippen molar-refractivity contribution in [2.45, 2.75) is 0 Å². The van der Waals surface area contributed by atoms with E-state index in [1.807, 2.05) is 0 Å². The SMILES string of the molecule is [C-]#N.[C-]#N.[C-]#N.[C-]#N.[C-]#N.[C-]#N.[C-]#N.[C-]#N.[C-]#N.[C-]#N.[C-]#N.[C-]#N.[C-]#N.[C-]#N.[C-]#N.[C-]#N.[C-]#N.[C-]#N.[C-]#N.[C-]#N.[C-]#N.[C-]#N.[C-]#N.[C-]#N.[Cr+3].[Cr+3].[Cr+3].[Cr+3].[V+4].[V+4].[V+4]. The van der Waals surface area contributed by atoms with E-state index in [-0.39, 0.29) is 125 Å². The van der Waals surface area contributed by atoms with Crippen molar-refractivity contribution in [1.29, 1.82) is 126 Å². The monoisotopic (exact) mass is 985 g/mol. The van der Waals surface area contributed by atoms with Gasteiger partial charge in [-0.1, -0.05) is 0 Å². The summed E-state index contributed by atoms with van der Waals surface area (Å²) in [6, 6.07) is 0. The largest absolute Gasteiger partial charge is 4.00 e. The van der Waals surface area contributed by atoms with Crippen LogP contribution in [0, 0.1) is 284 Å². The summed E-state index contributed by atoms with van der Waals surface area (Å²) in [5.74, 6) is 0. The molecule has 0 aromatic carbocycles. The Labute approximate surface area is 405 Å². The van der Waals surface area contributed by atoms with Crippen LogP contribution in [-0.4, -0.2) is 0 Å². The van der Waals surface area contributed by atoms with Crippen molar-refractivity contribution in [2.75, 3.05) is 0 Å². The zero-order chi connectivity index (χ0) is 48.0. The van der Waals surface area contributed by atoms with Gasteiger partial charge in [-0.25, -0.2) is 0 Å². The molecule has 0 fully saturated rings. The number of rotatable bonds is 0. The first-order valence-corrected chi connectivity index (χ1v) is 5.37. The van der Waals surface area contributed by atoms with Gasteiger partial charge < -0.3 is 284 Å². The molecule has 0 unspecified atom stereocenters. The van der Waals surface area contributed by atoms with Crippen LogP contribution >= 0.6 is 0 Å². The van der Waals surface area contributed by atoms with Crippen molar-refractivity contribution in [1.82, 2.24) is 0 Å². The number of hydrogen-bond acceptors (Lipinski definition) is 24. The molecule has 0 rings (SSSR count). The molecule has 24 nitrogen and oxygen atoms in total. The maximum absolute atomic E-state index is 6.25. The molecule has 0 aliphatic heterocycles. The van der Waals surface area contributed by atoms with Crippen LogP contribution in [0.3, 0.4) is 0 Å². The molecule has 0 bridgehead atoms. The van der Waals surface area contributed by atoms with Crippen LogP contribution in [0.25, 0.3) is 0 Å². The first-order chi connectivity index (χ1) is 24.0. The molecule has 0 N–H and O–H groups in total. The van der Waals surface area contributed by atoms with E-state index in [0.717, 1.165) is 0 Å². The summed E-state index contributed by atoms with van der Waals surface area (Å²) >= 11 is 0. The van der Waals surface area contributed by atoms with E-state index < -0.39 is 0 Å². The first-order valence-electron chi connectivity index (χ1n) is 5.37. The van der Waals surface area contributed by atoms with Gasteiger partial charge in [-0.2, -0.15) is 0 Å². The van der Waals surface area contributed by atoms with Crippen molar-refractivity contribution in [3.05, 3.63) is 158 Å². The molecule has 0 spiro atoms. The van der Waals surface area contributed by atoms with Gasteiger partial charge in [-0.3, -0.25) is 0 Å². The molecule has 55 heavy (non-hydrogen) atoms. The molecular weight excluding hydrogens is 985 g/mol. The van der Waals surface area contributed by atoms with Gasteiger partial charge in [0.25, 0.3) is 0 Å². The molecule has 0 saturated heterocycles. The molecule has 7 radical (unpaired) electrons. The Hall–Kier alpha value is -8.36. The standard InChI is InChI=1S/24CN.4Cr.3V/c24*1-2;;;;;;;/q24*-1;4*+3;3*+4. The summed E-state index contributed by atoms with van der Waals surface area (Å²) in [6.45, 7) is 114. The van der Waals surface area contributed by atoms with E-state index in [0.29, 0.717) is 0 Å². The van der Waals surface area contributed by atoms with Crippen molar-refractivity contribution in [3.8, 4) is 0 Å². The Balaban J connectivity index is -0.00000000375. The van der Waals surface area contributed by atoms with E-state index in [1.165, 1.54) is 0 Å². The fourth-order valence-corrected chi connectivity index (χ4v) is 0. The van der Waals surface area contributed by atoms with E-state index >= 15 is 0 Å². The molecule has 0 aromatic heterocycles. The fourth-order valence-electron chi connectivity index (χ4n) is 0. The minimum absolute atomic E-state index is 0. The maximum atomic E-state index is 6.25. The van der Waals surface area contributed by atoms with Gasteiger partial charge in [-0.15, -0.1) is 0 Å². The van der Waals surface area contributed by atoms with Crippen molar-refractivity contribution >= 4 is 0 Å². The Morgan fingerprint density at radius 3 is 0.0909 bits per heavy atom. The molecule has 0 saturated carbocycles. The predicted octanol–water partition coefficient (Wildman–Crippen LogP) is 2.30. The van der Waals surface area contributed by atoms with Crippen LogP contribution in [0.5, 0.6) is 0 Å². The molecule has 0 aliphatic rings. The van der Waals surface area contributed by atoms with Crippen molar-refractivity contribution < 1.29 is 125 Å². The Bertz CT molecular complexity index is 529. The van der Waals surface area contributed by atoms with E-state index in [1.54, 1.807) is 0 Å². The molecule has 0 amide bonds. The van der Waals surface area contributed by atoms with Crippen LogP contribution < -0.4 is 0 Å². The van der Waals surface area contributed by atoms with Crippen molar-refractivity contribution in [2.24, 2.45) is 0 Å². The Kier molecular flexibility index (Phi) is 9400. The van der Waals surface area contributed by atoms with Crippen LogP contribution in [0.1, 0.15) is 0 Å². The van der Waals surface area contributed by atoms with E-state index in [9.17, 15) is 0 Å². The van der Waals surface area contributed by atoms with Crippen LogP contribution in [0.4, 0.5) is 0 Å². The van der Waals surface area contributed by atoms with Gasteiger partial charge in [0, 0.05) is 0 Å². The van der Waals surface area contributed by atoms with Gasteiger partial charge in [-0.05, 0) is 0 Å². The smallest absolute Gasteiger partial charge is 0.512 e. The fraction of sp³-hybridized carbons (Fsp3) is 0. The van der Waals surface area contributed by atoms with Crippen LogP contribution in [0.2, 0.25) is 0 Å². The molecule has 0 aromatic rings. The third-order valence-corrected chi connectivity index (χ3v) is 0. The average molecular weight is 985 g/mol. The summed E-state index contributed by atoms with van der Waals surface area (Å²) in [4.78, 5) is 0. The molecule has 255 valence electrons. The zero-order valence-corrected chi connectivity index (χ0v) is 35.0. The third kappa shape index (κ3) is 1240. The number of hydrogen-bond donors (Lipinski definition) is 0. The first kappa shape index (κ1) is 397. The summed E-state index contributed by atoms with van der Waals surface area (Å²) in [7, 11) is 0. The summed E-state index contributed by atoms with van der Waals surface area (Å²) < 4.78 is 0. The second-order valence-electron chi connectivity index (χ2n) is 0. The predicted molar refractivity (Wildman–Crippen MR) is 119 cm³/mol. The quantitative estimate of drug-likeness (QED) is 0.314. The molecular formula is C24Cr4N24V3. The van der Waals surface area contributed by atoms with Crippen LogP contribution in [-0.2, 0) is 125 Å². The normalized spacial score (nSPS) is 0.873. The van der Waals surface area contributed by atoms with Crippen molar-refractivity contribution in [3.63, 3.8) is 0 Å². The molecule has 0 atom stereocenters. The van der Waals surface area contributed by atoms with Gasteiger partial charge in [0.15, 0.2) is 0 Å². The van der Waals surface area contributed by atoms with E-state index in [2.05, 4.69) is 0 Å². The second-order valence-corrected chi connectivity index (χ2v) is 0.